The van der Waals surface area contributed by atoms with Gasteiger partial charge in [0.15, 0.2) is 0 Å². The molecule has 8 aromatic carbocycles. The smallest absolute Gasteiger partial charge is 0.0536 e. The summed E-state index contributed by atoms with van der Waals surface area (Å²) in [6.07, 6.45) is 11.1. The molecule has 0 spiro atoms. The molecule has 0 aliphatic heterocycles. The Morgan fingerprint density at radius 2 is 0.907 bits per heavy atom. The van der Waals surface area contributed by atoms with Gasteiger partial charge < -0.3 is 9.80 Å². The second-order valence-corrected chi connectivity index (χ2v) is 13.8. The van der Waals surface area contributed by atoms with Gasteiger partial charge >= 0.3 is 0 Å². The van der Waals surface area contributed by atoms with Gasteiger partial charge in [0.05, 0.1) is 5.69 Å². The number of fused-ring (bicyclic) bond motifs is 2. The lowest BCUT2D eigenvalue weighted by Crippen LogP contribution is -2.13. The number of nitrogens with zero attached hydrogens (tertiary/aromatic N) is 2. The maximum Gasteiger partial charge on any atom is 0.0536 e. The summed E-state index contributed by atoms with van der Waals surface area (Å²) in [6, 6.07) is 69.7. The molecule has 0 saturated heterocycles. The van der Waals surface area contributed by atoms with Gasteiger partial charge in [-0.2, -0.15) is 0 Å². The molecule has 54 heavy (non-hydrogen) atoms. The van der Waals surface area contributed by atoms with Gasteiger partial charge in [-0.25, -0.2) is 0 Å². The summed E-state index contributed by atoms with van der Waals surface area (Å²) in [6.45, 7) is 0. The lowest BCUT2D eigenvalue weighted by molar-refractivity contribution is 0.984. The fraction of sp³-hybridized carbons (Fsp3) is 0.0385. The second-order valence-electron chi connectivity index (χ2n) is 13.8. The number of hydrogen-bond acceptors (Lipinski definition) is 2. The Kier molecular flexibility index (Phi) is 9.15. The Hall–Kier alpha value is -6.90. The van der Waals surface area contributed by atoms with Crippen molar-refractivity contribution in [2.45, 2.75) is 12.8 Å². The van der Waals surface area contributed by atoms with Crippen LogP contribution < -0.4 is 9.80 Å². The molecular weight excluding hydrogens is 653 g/mol. The fourth-order valence-electron chi connectivity index (χ4n) is 7.51. The highest BCUT2D eigenvalue weighted by molar-refractivity contribution is 5.91. The van der Waals surface area contributed by atoms with Gasteiger partial charge in [0.25, 0.3) is 0 Å². The number of rotatable bonds is 9. The minimum absolute atomic E-state index is 1.07. The molecule has 1 aliphatic carbocycles. The first-order valence-corrected chi connectivity index (χ1v) is 18.7. The third-order valence-corrected chi connectivity index (χ3v) is 10.3. The summed E-state index contributed by atoms with van der Waals surface area (Å²) in [5.74, 6) is 0. The minimum atomic E-state index is 1.07. The predicted molar refractivity (Wildman–Crippen MR) is 231 cm³/mol. The topological polar surface area (TPSA) is 6.48 Å². The van der Waals surface area contributed by atoms with Gasteiger partial charge in [-0.3, -0.25) is 0 Å². The van der Waals surface area contributed by atoms with E-state index in [2.05, 4.69) is 228 Å². The van der Waals surface area contributed by atoms with E-state index in [0.29, 0.717) is 0 Å². The van der Waals surface area contributed by atoms with E-state index in [1.807, 2.05) is 0 Å². The first-order chi connectivity index (χ1) is 26.8. The highest BCUT2D eigenvalue weighted by atomic mass is 15.1. The van der Waals surface area contributed by atoms with Crippen LogP contribution in [0.4, 0.5) is 34.1 Å². The highest BCUT2D eigenvalue weighted by Gasteiger charge is 2.19. The highest BCUT2D eigenvalue weighted by Crippen LogP contribution is 2.41. The van der Waals surface area contributed by atoms with E-state index < -0.39 is 0 Å². The maximum absolute atomic E-state index is 2.41. The van der Waals surface area contributed by atoms with E-state index in [-0.39, 0.29) is 0 Å². The molecule has 8 aromatic rings. The SMILES string of the molecule is C1=Cc2c(cccc2N(c2ccc(-c3ccc(/C=C/c4ccc(N(c5ccccc5)c5ccccc5)cc4)cc3)cc2)c2ccc3ccccc3c2)CC1. The zero-order valence-electron chi connectivity index (χ0n) is 30.1. The van der Waals surface area contributed by atoms with Crippen molar-refractivity contribution in [3.63, 3.8) is 0 Å². The van der Waals surface area contributed by atoms with Crippen molar-refractivity contribution in [2.24, 2.45) is 0 Å². The molecule has 9 rings (SSSR count). The van der Waals surface area contributed by atoms with Crippen LogP contribution >= 0.6 is 0 Å². The zero-order valence-corrected chi connectivity index (χ0v) is 30.1. The Morgan fingerprint density at radius 3 is 1.57 bits per heavy atom. The van der Waals surface area contributed by atoms with Crippen molar-refractivity contribution in [2.75, 3.05) is 9.80 Å². The van der Waals surface area contributed by atoms with Crippen molar-refractivity contribution in [3.8, 4) is 11.1 Å². The van der Waals surface area contributed by atoms with Gasteiger partial charge in [0.2, 0.25) is 0 Å². The van der Waals surface area contributed by atoms with Crippen LogP contribution in [0.1, 0.15) is 28.7 Å². The van der Waals surface area contributed by atoms with Crippen LogP contribution in [-0.2, 0) is 6.42 Å². The average molecular weight is 693 g/mol. The second kappa shape index (κ2) is 15.0. The largest absolute Gasteiger partial charge is 0.311 e. The number of para-hydroxylation sites is 2. The Labute approximate surface area is 318 Å². The van der Waals surface area contributed by atoms with Crippen LogP contribution in [0.25, 0.3) is 40.1 Å². The molecule has 0 heterocycles. The fourth-order valence-corrected chi connectivity index (χ4v) is 7.51. The van der Waals surface area contributed by atoms with Gasteiger partial charge in [0, 0.05) is 34.0 Å². The van der Waals surface area contributed by atoms with Gasteiger partial charge in [-0.05, 0) is 118 Å². The molecule has 0 saturated carbocycles. The summed E-state index contributed by atoms with van der Waals surface area (Å²) in [5.41, 5.74) is 14.3. The lowest BCUT2D eigenvalue weighted by Gasteiger charge is -2.29. The summed E-state index contributed by atoms with van der Waals surface area (Å²) in [7, 11) is 0. The predicted octanol–water partition coefficient (Wildman–Crippen LogP) is 14.6. The number of benzene rings is 8. The van der Waals surface area contributed by atoms with Crippen LogP contribution in [0.15, 0.2) is 200 Å². The molecule has 258 valence electrons. The van der Waals surface area contributed by atoms with Crippen molar-refractivity contribution in [3.05, 3.63) is 222 Å². The van der Waals surface area contributed by atoms with Crippen LogP contribution in [0.5, 0.6) is 0 Å². The Morgan fingerprint density at radius 1 is 0.389 bits per heavy atom. The van der Waals surface area contributed by atoms with E-state index in [9.17, 15) is 0 Å². The van der Waals surface area contributed by atoms with E-state index in [1.54, 1.807) is 0 Å². The zero-order chi connectivity index (χ0) is 36.1. The molecule has 0 aromatic heterocycles. The number of anilines is 6. The molecule has 0 radical (unpaired) electrons. The first kappa shape index (κ1) is 33.0. The lowest BCUT2D eigenvalue weighted by atomic mass is 9.94. The van der Waals surface area contributed by atoms with Crippen molar-refractivity contribution < 1.29 is 0 Å². The number of aryl methyl sites for hydroxylation is 1. The quantitative estimate of drug-likeness (QED) is 0.139. The van der Waals surface area contributed by atoms with E-state index in [0.717, 1.165) is 46.8 Å². The monoisotopic (exact) mass is 692 g/mol. The summed E-state index contributed by atoms with van der Waals surface area (Å²) < 4.78 is 0. The molecule has 1 aliphatic rings. The Balaban J connectivity index is 0.952. The van der Waals surface area contributed by atoms with Gasteiger partial charge in [-0.15, -0.1) is 0 Å². The van der Waals surface area contributed by atoms with Crippen molar-refractivity contribution >= 4 is 63.1 Å². The normalized spacial score (nSPS) is 12.1. The van der Waals surface area contributed by atoms with Crippen LogP contribution in [0.2, 0.25) is 0 Å². The van der Waals surface area contributed by atoms with Crippen molar-refractivity contribution in [1.82, 2.24) is 0 Å². The third kappa shape index (κ3) is 6.86. The molecular formula is C52H40N2. The van der Waals surface area contributed by atoms with Crippen LogP contribution in [0, 0.1) is 0 Å². The van der Waals surface area contributed by atoms with Crippen LogP contribution in [0.3, 0.4) is 0 Å². The third-order valence-electron chi connectivity index (χ3n) is 10.3. The van der Waals surface area contributed by atoms with E-state index >= 15 is 0 Å². The van der Waals surface area contributed by atoms with E-state index in [1.165, 1.54) is 44.3 Å². The van der Waals surface area contributed by atoms with E-state index in [4.69, 9.17) is 0 Å². The molecule has 0 atom stereocenters. The summed E-state index contributed by atoms with van der Waals surface area (Å²) in [5, 5.41) is 2.48. The standard InChI is InChI=1S/C52H40N2/c1-3-16-46(17-4-1)53(47-18-5-2-6-19-47)48-33-26-40(27-34-48)23-22-39-24-28-42(29-25-39)43-30-35-49(36-31-43)54(50-37-32-41-12-7-8-14-45(41)38-50)52-21-11-15-44-13-9-10-20-51(44)52/h1-8,10-12,14-38H,9,13H2/b23-22+. The molecule has 0 N–H and O–H groups in total. The van der Waals surface area contributed by atoms with Crippen molar-refractivity contribution in [1.29, 1.82) is 0 Å². The minimum Gasteiger partial charge on any atom is -0.311 e. The number of allylic oxidation sites excluding steroid dienone is 1. The van der Waals surface area contributed by atoms with Gasteiger partial charge in [-0.1, -0.05) is 152 Å². The summed E-state index contributed by atoms with van der Waals surface area (Å²) >= 11 is 0. The average Bonchev–Trinajstić information content (AvgIpc) is 3.25. The van der Waals surface area contributed by atoms with Crippen LogP contribution in [-0.4, -0.2) is 0 Å². The molecule has 0 amide bonds. The first-order valence-electron chi connectivity index (χ1n) is 18.7. The maximum atomic E-state index is 2.41. The molecule has 0 bridgehead atoms. The Bertz CT molecular complexity index is 2530. The molecule has 2 nitrogen and oxygen atoms in total. The summed E-state index contributed by atoms with van der Waals surface area (Å²) in [4.78, 5) is 4.69. The molecule has 0 unspecified atom stereocenters. The number of hydrogen-bond donors (Lipinski definition) is 0. The van der Waals surface area contributed by atoms with Gasteiger partial charge in [0.1, 0.15) is 0 Å². The molecule has 2 heteroatoms. The molecule has 0 fully saturated rings.